The maximum absolute atomic E-state index is 6.06. The standard InChI is InChI=1S/C12H18ClN3/c1-4-9-10(13)14-7-15-11(9)16-12(2,3)8-5-6-8/h7-8H,4-6H2,1-3H3,(H,14,15,16). The van der Waals surface area contributed by atoms with Crippen molar-refractivity contribution < 1.29 is 0 Å². The molecule has 1 fully saturated rings. The average Bonchev–Trinajstić information content (AvgIpc) is 3.00. The van der Waals surface area contributed by atoms with E-state index in [0.29, 0.717) is 5.15 Å². The van der Waals surface area contributed by atoms with Crippen LogP contribution in [0.1, 0.15) is 39.2 Å². The van der Waals surface area contributed by atoms with Gasteiger partial charge >= 0.3 is 0 Å². The molecule has 1 aliphatic rings. The summed E-state index contributed by atoms with van der Waals surface area (Å²) in [4.78, 5) is 8.31. The van der Waals surface area contributed by atoms with Crippen molar-refractivity contribution in [3.8, 4) is 0 Å². The van der Waals surface area contributed by atoms with Crippen LogP contribution in [-0.4, -0.2) is 15.5 Å². The van der Waals surface area contributed by atoms with Gasteiger partial charge in [-0.3, -0.25) is 0 Å². The van der Waals surface area contributed by atoms with E-state index in [0.717, 1.165) is 23.7 Å². The van der Waals surface area contributed by atoms with E-state index < -0.39 is 0 Å². The van der Waals surface area contributed by atoms with Crippen LogP contribution >= 0.6 is 11.6 Å². The zero-order chi connectivity index (χ0) is 11.8. The van der Waals surface area contributed by atoms with Crippen molar-refractivity contribution in [2.45, 2.75) is 45.6 Å². The fraction of sp³-hybridized carbons (Fsp3) is 0.667. The molecule has 2 rings (SSSR count). The fourth-order valence-electron chi connectivity index (χ4n) is 2.02. The number of aromatic nitrogens is 2. The van der Waals surface area contributed by atoms with Crippen LogP contribution in [0, 0.1) is 5.92 Å². The summed E-state index contributed by atoms with van der Waals surface area (Å²) in [5.74, 6) is 1.64. The number of hydrogen-bond donors (Lipinski definition) is 1. The first-order chi connectivity index (χ1) is 7.54. The second-order valence-corrected chi connectivity index (χ2v) is 5.32. The Hall–Kier alpha value is -0.830. The third kappa shape index (κ3) is 2.29. The van der Waals surface area contributed by atoms with Crippen molar-refractivity contribution in [3.05, 3.63) is 17.0 Å². The highest BCUT2D eigenvalue weighted by atomic mass is 35.5. The van der Waals surface area contributed by atoms with E-state index in [4.69, 9.17) is 11.6 Å². The molecule has 1 heterocycles. The third-order valence-electron chi connectivity index (χ3n) is 3.28. The summed E-state index contributed by atoms with van der Waals surface area (Å²) in [5.41, 5.74) is 1.11. The number of halogens is 1. The lowest BCUT2D eigenvalue weighted by molar-refractivity contribution is 0.492. The summed E-state index contributed by atoms with van der Waals surface area (Å²) in [6, 6.07) is 0. The summed E-state index contributed by atoms with van der Waals surface area (Å²) in [6.07, 6.45) is 4.98. The average molecular weight is 240 g/mol. The van der Waals surface area contributed by atoms with Crippen LogP contribution in [-0.2, 0) is 6.42 Å². The van der Waals surface area contributed by atoms with E-state index in [9.17, 15) is 0 Å². The van der Waals surface area contributed by atoms with Gasteiger partial charge in [-0.2, -0.15) is 0 Å². The van der Waals surface area contributed by atoms with Gasteiger partial charge in [0, 0.05) is 11.1 Å². The molecule has 0 bridgehead atoms. The summed E-state index contributed by atoms with van der Waals surface area (Å²) >= 11 is 6.06. The summed E-state index contributed by atoms with van der Waals surface area (Å²) < 4.78 is 0. The van der Waals surface area contributed by atoms with Crippen molar-refractivity contribution in [2.24, 2.45) is 5.92 Å². The Kier molecular flexibility index (Phi) is 3.06. The highest BCUT2D eigenvalue weighted by Gasteiger charge is 2.38. The minimum atomic E-state index is 0.0988. The first kappa shape index (κ1) is 11.6. The van der Waals surface area contributed by atoms with E-state index in [1.807, 2.05) is 0 Å². The van der Waals surface area contributed by atoms with Crippen LogP contribution in [0.4, 0.5) is 5.82 Å². The molecule has 0 saturated heterocycles. The summed E-state index contributed by atoms with van der Waals surface area (Å²) in [7, 11) is 0. The van der Waals surface area contributed by atoms with Crippen molar-refractivity contribution in [1.29, 1.82) is 0 Å². The first-order valence-corrected chi connectivity index (χ1v) is 6.20. The van der Waals surface area contributed by atoms with Gasteiger partial charge in [0.1, 0.15) is 17.3 Å². The highest BCUT2D eigenvalue weighted by molar-refractivity contribution is 6.30. The van der Waals surface area contributed by atoms with Crippen LogP contribution in [0.15, 0.2) is 6.33 Å². The number of nitrogens with zero attached hydrogens (tertiary/aromatic N) is 2. The van der Waals surface area contributed by atoms with Crippen LogP contribution < -0.4 is 5.32 Å². The summed E-state index contributed by atoms with van der Waals surface area (Å²) in [6.45, 7) is 6.51. The topological polar surface area (TPSA) is 37.8 Å². The minimum Gasteiger partial charge on any atom is -0.365 e. The molecule has 3 nitrogen and oxygen atoms in total. The van der Waals surface area contributed by atoms with Crippen molar-refractivity contribution in [2.75, 3.05) is 5.32 Å². The lowest BCUT2D eigenvalue weighted by Crippen LogP contribution is -2.34. The lowest BCUT2D eigenvalue weighted by atomic mass is 9.98. The lowest BCUT2D eigenvalue weighted by Gasteiger charge is -2.28. The molecule has 0 radical (unpaired) electrons. The van der Waals surface area contributed by atoms with Crippen LogP contribution in [0.25, 0.3) is 0 Å². The zero-order valence-electron chi connectivity index (χ0n) is 10.0. The Labute approximate surface area is 102 Å². The van der Waals surface area contributed by atoms with E-state index in [1.165, 1.54) is 19.2 Å². The fourth-order valence-corrected chi connectivity index (χ4v) is 2.29. The van der Waals surface area contributed by atoms with Gasteiger partial charge in [-0.25, -0.2) is 9.97 Å². The van der Waals surface area contributed by atoms with Gasteiger partial charge in [-0.1, -0.05) is 18.5 Å². The highest BCUT2D eigenvalue weighted by Crippen LogP contribution is 2.41. The molecule has 1 aromatic rings. The normalized spacial score (nSPS) is 16.2. The molecule has 1 saturated carbocycles. The summed E-state index contributed by atoms with van der Waals surface area (Å²) in [5, 5.41) is 4.07. The van der Waals surface area contributed by atoms with Crippen LogP contribution in [0.5, 0.6) is 0 Å². The molecule has 88 valence electrons. The Morgan fingerprint density at radius 1 is 1.44 bits per heavy atom. The second kappa shape index (κ2) is 4.21. The molecular weight excluding hydrogens is 222 g/mol. The Bertz CT molecular complexity index is 386. The maximum Gasteiger partial charge on any atom is 0.137 e. The van der Waals surface area contributed by atoms with E-state index in [-0.39, 0.29) is 5.54 Å². The molecule has 0 aliphatic heterocycles. The van der Waals surface area contributed by atoms with Gasteiger partial charge in [0.25, 0.3) is 0 Å². The van der Waals surface area contributed by atoms with Gasteiger partial charge in [-0.15, -0.1) is 0 Å². The zero-order valence-corrected chi connectivity index (χ0v) is 10.8. The quantitative estimate of drug-likeness (QED) is 0.820. The number of hydrogen-bond acceptors (Lipinski definition) is 3. The molecule has 0 aromatic carbocycles. The number of anilines is 1. The van der Waals surface area contributed by atoms with Crippen molar-refractivity contribution >= 4 is 17.4 Å². The Morgan fingerprint density at radius 2 is 2.12 bits per heavy atom. The van der Waals surface area contributed by atoms with E-state index in [2.05, 4.69) is 36.1 Å². The number of nitrogens with one attached hydrogen (secondary N) is 1. The Balaban J connectivity index is 2.23. The monoisotopic (exact) mass is 239 g/mol. The number of rotatable bonds is 4. The second-order valence-electron chi connectivity index (χ2n) is 4.97. The smallest absolute Gasteiger partial charge is 0.137 e. The van der Waals surface area contributed by atoms with E-state index >= 15 is 0 Å². The van der Waals surface area contributed by atoms with Crippen molar-refractivity contribution in [1.82, 2.24) is 9.97 Å². The van der Waals surface area contributed by atoms with Crippen LogP contribution in [0.3, 0.4) is 0 Å². The SMILES string of the molecule is CCc1c(Cl)ncnc1NC(C)(C)C1CC1. The molecule has 1 N–H and O–H groups in total. The molecule has 0 unspecified atom stereocenters. The first-order valence-electron chi connectivity index (χ1n) is 5.82. The molecule has 0 amide bonds. The van der Waals surface area contributed by atoms with Gasteiger partial charge in [0.15, 0.2) is 0 Å². The van der Waals surface area contributed by atoms with Gasteiger partial charge in [-0.05, 0) is 39.0 Å². The molecule has 0 atom stereocenters. The third-order valence-corrected chi connectivity index (χ3v) is 3.61. The molecule has 0 spiro atoms. The predicted octanol–water partition coefficient (Wildman–Crippen LogP) is 3.29. The molecule has 1 aromatic heterocycles. The molecule has 16 heavy (non-hydrogen) atoms. The minimum absolute atomic E-state index is 0.0988. The van der Waals surface area contributed by atoms with Gasteiger partial charge < -0.3 is 5.32 Å². The Morgan fingerprint density at radius 3 is 2.69 bits per heavy atom. The molecule has 1 aliphatic carbocycles. The molecule has 4 heteroatoms. The van der Waals surface area contributed by atoms with Crippen LogP contribution in [0.2, 0.25) is 5.15 Å². The van der Waals surface area contributed by atoms with E-state index in [1.54, 1.807) is 0 Å². The predicted molar refractivity (Wildman–Crippen MR) is 66.8 cm³/mol. The maximum atomic E-state index is 6.06. The van der Waals surface area contributed by atoms with Gasteiger partial charge in [0.05, 0.1) is 0 Å². The largest absolute Gasteiger partial charge is 0.365 e. The molecular formula is C12H18ClN3. The van der Waals surface area contributed by atoms with Gasteiger partial charge in [0.2, 0.25) is 0 Å². The van der Waals surface area contributed by atoms with Crippen molar-refractivity contribution in [3.63, 3.8) is 0 Å².